The molecule has 0 radical (unpaired) electrons. The average Bonchev–Trinajstić information content (AvgIpc) is 3.37. The largest absolute Gasteiger partial charge is 0.507 e. The summed E-state index contributed by atoms with van der Waals surface area (Å²) >= 11 is 0. The van der Waals surface area contributed by atoms with Crippen molar-refractivity contribution in [1.82, 2.24) is 0 Å². The number of ether oxygens (including phenoxy) is 1. The first kappa shape index (κ1) is 40.0. The fourth-order valence-corrected chi connectivity index (χ4v) is 9.40. The number of anilines is 5. The van der Waals surface area contributed by atoms with Crippen LogP contribution in [0.3, 0.4) is 0 Å². The Morgan fingerprint density at radius 3 is 1.91 bits per heavy atom. The van der Waals surface area contributed by atoms with Crippen molar-refractivity contribution in [1.29, 1.82) is 0 Å². The monoisotopic (exact) mass is 848 g/mol. The molecule has 1 aliphatic heterocycles. The second-order valence-corrected chi connectivity index (χ2v) is 16.3. The van der Waals surface area contributed by atoms with Crippen molar-refractivity contribution in [3.63, 3.8) is 0 Å². The van der Waals surface area contributed by atoms with Crippen LogP contribution in [-0.4, -0.2) is 5.11 Å². The third-order valence-corrected chi connectivity index (χ3v) is 12.5. The van der Waals surface area contributed by atoms with Crippen molar-refractivity contribution in [3.8, 4) is 39.5 Å². The predicted molar refractivity (Wildman–Crippen MR) is 279 cm³/mol. The number of nitrogens with zero attached hydrogens (tertiary/aromatic N) is 2. The number of fused-ring (bicyclic) bond motifs is 5. The zero-order chi connectivity index (χ0) is 44.6. The first-order valence-electron chi connectivity index (χ1n) is 22.1. The van der Waals surface area contributed by atoms with E-state index in [4.69, 9.17) is 4.74 Å². The van der Waals surface area contributed by atoms with Gasteiger partial charge >= 0.3 is 0 Å². The molecule has 0 atom stereocenters. The van der Waals surface area contributed by atoms with Gasteiger partial charge < -0.3 is 19.6 Å². The highest BCUT2D eigenvalue weighted by Crippen LogP contribution is 2.51. The van der Waals surface area contributed by atoms with Crippen molar-refractivity contribution < 1.29 is 9.84 Å². The molecular formula is C62H44N2O2. The third kappa shape index (κ3) is 7.17. The van der Waals surface area contributed by atoms with Crippen LogP contribution in [0, 0.1) is 0 Å². The number of benzene rings is 10. The van der Waals surface area contributed by atoms with E-state index in [1.54, 1.807) is 0 Å². The summed E-state index contributed by atoms with van der Waals surface area (Å²) in [5.41, 5.74) is 11.5. The van der Waals surface area contributed by atoms with Crippen LogP contribution in [0.1, 0.15) is 11.1 Å². The highest BCUT2D eigenvalue weighted by molar-refractivity contribution is 6.11. The minimum atomic E-state index is 0.164. The molecule has 0 saturated heterocycles. The van der Waals surface area contributed by atoms with Crippen LogP contribution >= 0.6 is 0 Å². The summed E-state index contributed by atoms with van der Waals surface area (Å²) in [6.07, 6.45) is 9.81. The van der Waals surface area contributed by atoms with Gasteiger partial charge in [0.2, 0.25) is 0 Å². The molecule has 1 aliphatic rings. The molecule has 10 aromatic rings. The molecule has 0 aliphatic carbocycles. The SMILES string of the molecule is C=C/C(=C\C=C\c1ccccc1C=C)N(c1ccccc1)c1ccc(-c2ccc3c4c(cccc24)-c2ccc(N(c4ccccc4)c4ccc5c(ccc6ccccc65)c4)cc2O3)c(O)c1. The maximum absolute atomic E-state index is 11.9. The van der Waals surface area contributed by atoms with Crippen molar-refractivity contribution in [2.75, 3.05) is 9.80 Å². The number of phenolic OH excluding ortho intramolecular Hbond substituents is 1. The molecule has 11 rings (SSSR count). The van der Waals surface area contributed by atoms with Crippen LogP contribution in [0.2, 0.25) is 0 Å². The Balaban J connectivity index is 0.954. The van der Waals surface area contributed by atoms with Crippen LogP contribution in [0.5, 0.6) is 17.2 Å². The van der Waals surface area contributed by atoms with Gasteiger partial charge in [0.1, 0.15) is 17.2 Å². The van der Waals surface area contributed by atoms with Gasteiger partial charge in [-0.3, -0.25) is 0 Å². The molecule has 0 saturated carbocycles. The van der Waals surface area contributed by atoms with Gasteiger partial charge in [-0.25, -0.2) is 0 Å². The van der Waals surface area contributed by atoms with E-state index in [1.807, 2.05) is 85.0 Å². The Morgan fingerprint density at radius 1 is 0.455 bits per heavy atom. The van der Waals surface area contributed by atoms with Crippen LogP contribution in [-0.2, 0) is 0 Å². The molecule has 0 aromatic heterocycles. The third-order valence-electron chi connectivity index (χ3n) is 12.5. The Labute approximate surface area is 384 Å². The summed E-state index contributed by atoms with van der Waals surface area (Å²) in [5.74, 6) is 1.72. The summed E-state index contributed by atoms with van der Waals surface area (Å²) in [7, 11) is 0. The van der Waals surface area contributed by atoms with E-state index >= 15 is 0 Å². The lowest BCUT2D eigenvalue weighted by molar-refractivity contribution is 0.477. The van der Waals surface area contributed by atoms with Crippen LogP contribution in [0.15, 0.2) is 243 Å². The molecule has 66 heavy (non-hydrogen) atoms. The lowest BCUT2D eigenvalue weighted by Crippen LogP contribution is -2.14. The van der Waals surface area contributed by atoms with Crippen molar-refractivity contribution in [2.45, 2.75) is 0 Å². The van der Waals surface area contributed by atoms with E-state index < -0.39 is 0 Å². The molecule has 0 amide bonds. The average molecular weight is 849 g/mol. The molecule has 0 bridgehead atoms. The number of hydrogen-bond acceptors (Lipinski definition) is 4. The maximum Gasteiger partial charge on any atom is 0.137 e. The fraction of sp³-hybridized carbons (Fsp3) is 0. The van der Waals surface area contributed by atoms with Crippen molar-refractivity contribution >= 4 is 72.9 Å². The summed E-state index contributed by atoms with van der Waals surface area (Å²) in [4.78, 5) is 4.38. The molecule has 4 heteroatoms. The normalized spacial score (nSPS) is 12.0. The minimum Gasteiger partial charge on any atom is -0.507 e. The first-order chi connectivity index (χ1) is 32.6. The summed E-state index contributed by atoms with van der Waals surface area (Å²) < 4.78 is 6.84. The lowest BCUT2D eigenvalue weighted by atomic mass is 9.90. The van der Waals surface area contributed by atoms with Gasteiger partial charge in [0, 0.05) is 62.8 Å². The molecule has 1 heterocycles. The summed E-state index contributed by atoms with van der Waals surface area (Å²) in [5, 5.41) is 18.8. The minimum absolute atomic E-state index is 0.164. The molecular weight excluding hydrogens is 805 g/mol. The molecule has 0 fully saturated rings. The molecule has 314 valence electrons. The van der Waals surface area contributed by atoms with Crippen LogP contribution < -0.4 is 14.5 Å². The Kier molecular flexibility index (Phi) is 10.3. The second kappa shape index (κ2) is 17.0. The number of hydrogen-bond donors (Lipinski definition) is 1. The molecule has 0 unspecified atom stereocenters. The summed E-state index contributed by atoms with van der Waals surface area (Å²) in [6.45, 7) is 8.15. The van der Waals surface area contributed by atoms with Gasteiger partial charge in [-0.2, -0.15) is 0 Å². The standard InChI is InChI=1S/C62H44N2O2/c1-3-42-17-11-12-18-43(42)20-15-25-46(4-2)63(47-21-7-5-8-22-47)50-32-35-55(59(65)40-50)54-37-38-60-62-57(54)27-16-28-58(62)56-36-33-51(41-61(56)66-60)64(48-23-9-6-10-24-48)49-31-34-53-45(39-49)30-29-44-19-13-14-26-52(44)53/h3-41,65H,1-2H2/b20-15+,46-25+. The molecule has 1 N–H and O–H groups in total. The molecule has 0 spiro atoms. The van der Waals surface area contributed by atoms with Crippen LogP contribution in [0.25, 0.3) is 66.7 Å². The van der Waals surface area contributed by atoms with Gasteiger partial charge in [-0.05, 0) is 134 Å². The Bertz CT molecular complexity index is 3570. The van der Waals surface area contributed by atoms with Crippen molar-refractivity contribution in [2.24, 2.45) is 0 Å². The highest BCUT2D eigenvalue weighted by Gasteiger charge is 2.25. The van der Waals surface area contributed by atoms with Gasteiger partial charge in [0.25, 0.3) is 0 Å². The zero-order valence-corrected chi connectivity index (χ0v) is 36.2. The second-order valence-electron chi connectivity index (χ2n) is 16.3. The number of allylic oxidation sites excluding steroid dienone is 3. The van der Waals surface area contributed by atoms with E-state index in [-0.39, 0.29) is 5.75 Å². The van der Waals surface area contributed by atoms with Gasteiger partial charge in [0.05, 0.1) is 0 Å². The van der Waals surface area contributed by atoms with Crippen molar-refractivity contribution in [3.05, 3.63) is 254 Å². The number of para-hydroxylation sites is 2. The predicted octanol–water partition coefficient (Wildman–Crippen LogP) is 17.3. The quantitative estimate of drug-likeness (QED) is 0.104. The molecule has 4 nitrogen and oxygen atoms in total. The van der Waals surface area contributed by atoms with Gasteiger partial charge in [-0.1, -0.05) is 153 Å². The fourth-order valence-electron chi connectivity index (χ4n) is 9.40. The topological polar surface area (TPSA) is 35.9 Å². The van der Waals surface area contributed by atoms with E-state index in [1.165, 1.54) is 21.5 Å². The number of rotatable bonds is 11. The number of aromatic hydroxyl groups is 1. The van der Waals surface area contributed by atoms with E-state index in [0.29, 0.717) is 0 Å². The highest BCUT2D eigenvalue weighted by atomic mass is 16.5. The first-order valence-corrected chi connectivity index (χ1v) is 22.1. The van der Waals surface area contributed by atoms with E-state index in [0.717, 1.165) is 89.8 Å². The van der Waals surface area contributed by atoms with Gasteiger partial charge in [-0.15, -0.1) is 0 Å². The smallest absolute Gasteiger partial charge is 0.137 e. The van der Waals surface area contributed by atoms with E-state index in [2.05, 4.69) is 175 Å². The molecule has 10 aromatic carbocycles. The Morgan fingerprint density at radius 2 is 1.11 bits per heavy atom. The number of phenols is 1. The summed E-state index contributed by atoms with van der Waals surface area (Å²) in [6, 6.07) is 71.2. The zero-order valence-electron chi connectivity index (χ0n) is 36.2. The Hall–Kier alpha value is -8.86. The maximum atomic E-state index is 11.9. The van der Waals surface area contributed by atoms with Gasteiger partial charge in [0.15, 0.2) is 0 Å². The lowest BCUT2D eigenvalue weighted by Gasteiger charge is -2.28. The van der Waals surface area contributed by atoms with E-state index in [9.17, 15) is 5.11 Å². The van der Waals surface area contributed by atoms with Crippen LogP contribution in [0.4, 0.5) is 28.4 Å².